The lowest BCUT2D eigenvalue weighted by Gasteiger charge is -2.29. The fraction of sp³-hybridized carbons (Fsp3) is 0.419. The van der Waals surface area contributed by atoms with Crippen LogP contribution in [-0.4, -0.2) is 16.0 Å². The number of phenols is 2. The van der Waals surface area contributed by atoms with Gasteiger partial charge in [0.2, 0.25) is 0 Å². The fourth-order valence-electron chi connectivity index (χ4n) is 4.32. The third-order valence-electron chi connectivity index (χ3n) is 6.13. The topological polar surface area (TPSA) is 40.5 Å². The first-order valence-electron chi connectivity index (χ1n) is 12.4. The first kappa shape index (κ1) is 27.6. The quantitative estimate of drug-likeness (QED) is 0.266. The van der Waals surface area contributed by atoms with Crippen LogP contribution in [0.5, 0.6) is 11.5 Å². The molecule has 0 aliphatic rings. The smallest absolute Gasteiger partial charge is 0.127 e. The van der Waals surface area contributed by atoms with Crippen LogP contribution in [0.25, 0.3) is 0 Å². The van der Waals surface area contributed by atoms with Crippen LogP contribution in [0.1, 0.15) is 77.1 Å². The lowest BCUT2D eigenvalue weighted by Crippen LogP contribution is -2.26. The van der Waals surface area contributed by atoms with Crippen molar-refractivity contribution < 1.29 is 10.2 Å². The second-order valence-corrected chi connectivity index (χ2v) is 14.9. The van der Waals surface area contributed by atoms with E-state index in [9.17, 15) is 10.2 Å². The van der Waals surface area contributed by atoms with Gasteiger partial charge in [-0.1, -0.05) is 72.7 Å². The molecule has 0 radical (unpaired) electrons. The van der Waals surface area contributed by atoms with E-state index in [4.69, 9.17) is 0 Å². The van der Waals surface area contributed by atoms with Crippen LogP contribution >= 0.6 is 19.7 Å². The molecule has 2 nitrogen and oxygen atoms in total. The lowest BCUT2D eigenvalue weighted by atomic mass is 9.85. The number of rotatable bonds is 6. The van der Waals surface area contributed by atoms with Crippen LogP contribution in [-0.2, 0) is 10.8 Å². The van der Waals surface area contributed by atoms with Crippen molar-refractivity contribution >= 4 is 35.6 Å². The number of benzene rings is 3. The van der Waals surface area contributed by atoms with Gasteiger partial charge in [-0.05, 0) is 85.5 Å². The number of hydrogen-bond acceptors (Lipinski definition) is 3. The highest BCUT2D eigenvalue weighted by Gasteiger charge is 2.30. The van der Waals surface area contributed by atoms with E-state index < -0.39 is 7.92 Å². The summed E-state index contributed by atoms with van der Waals surface area (Å²) in [4.78, 5) is 1.25. The van der Waals surface area contributed by atoms with Crippen molar-refractivity contribution in [2.24, 2.45) is 0 Å². The largest absolute Gasteiger partial charge is 0.507 e. The highest BCUT2D eigenvalue weighted by molar-refractivity contribution is 7.99. The van der Waals surface area contributed by atoms with Crippen molar-refractivity contribution in [1.29, 1.82) is 0 Å². The Morgan fingerprint density at radius 3 is 1.51 bits per heavy atom. The molecule has 0 bridgehead atoms. The van der Waals surface area contributed by atoms with Crippen molar-refractivity contribution in [2.45, 2.75) is 84.5 Å². The predicted octanol–water partition coefficient (Wildman–Crippen LogP) is 7.57. The van der Waals surface area contributed by atoms with E-state index in [-0.39, 0.29) is 10.8 Å². The Labute approximate surface area is 218 Å². The standard InChI is InChI=1S/C31H41O2PS/c1-10-15-35-23-13-11-22(12-14-23)34(26-18-20(2)16-24(28(26)32)30(4,5)6)27-19-21(3)17-25(29(27)33)31(7,8)9/h11-14,16-19,32-33H,10,15H2,1-9H3. The van der Waals surface area contributed by atoms with Gasteiger partial charge in [-0.2, -0.15) is 0 Å². The summed E-state index contributed by atoms with van der Waals surface area (Å²) >= 11 is 1.86. The molecule has 0 aromatic heterocycles. The summed E-state index contributed by atoms with van der Waals surface area (Å²) in [5.74, 6) is 1.78. The Balaban J connectivity index is 2.33. The molecule has 4 heteroatoms. The van der Waals surface area contributed by atoms with Crippen LogP contribution in [0, 0.1) is 13.8 Å². The van der Waals surface area contributed by atoms with E-state index in [1.807, 2.05) is 11.8 Å². The molecular formula is C31H41O2PS. The van der Waals surface area contributed by atoms with Crippen LogP contribution in [0.3, 0.4) is 0 Å². The van der Waals surface area contributed by atoms with Gasteiger partial charge < -0.3 is 10.2 Å². The molecule has 3 aromatic rings. The number of aromatic hydroxyl groups is 2. The summed E-state index contributed by atoms with van der Waals surface area (Å²) in [5.41, 5.74) is 3.73. The highest BCUT2D eigenvalue weighted by Crippen LogP contribution is 2.45. The third-order valence-corrected chi connectivity index (χ3v) is 9.81. The number of thioether (sulfide) groups is 1. The maximum atomic E-state index is 11.6. The van der Waals surface area contributed by atoms with Crippen LogP contribution in [0.2, 0.25) is 0 Å². The van der Waals surface area contributed by atoms with Gasteiger partial charge in [-0.15, -0.1) is 11.8 Å². The van der Waals surface area contributed by atoms with Gasteiger partial charge >= 0.3 is 0 Å². The van der Waals surface area contributed by atoms with Gasteiger partial charge in [0.1, 0.15) is 11.5 Å². The Morgan fingerprint density at radius 2 is 1.14 bits per heavy atom. The molecule has 0 spiro atoms. The monoisotopic (exact) mass is 508 g/mol. The second kappa shape index (κ2) is 10.6. The van der Waals surface area contributed by atoms with E-state index in [2.05, 4.69) is 111 Å². The molecule has 3 aromatic carbocycles. The fourth-order valence-corrected chi connectivity index (χ4v) is 7.68. The van der Waals surface area contributed by atoms with Crippen molar-refractivity contribution in [3.05, 3.63) is 70.8 Å². The maximum Gasteiger partial charge on any atom is 0.127 e. The zero-order valence-corrected chi connectivity index (χ0v) is 24.5. The molecule has 0 heterocycles. The normalized spacial score (nSPS) is 12.4. The van der Waals surface area contributed by atoms with Crippen molar-refractivity contribution in [2.75, 3.05) is 5.75 Å². The van der Waals surface area contributed by atoms with Gasteiger partial charge in [0, 0.05) is 26.6 Å². The van der Waals surface area contributed by atoms with Gasteiger partial charge in [0.15, 0.2) is 0 Å². The second-order valence-electron chi connectivity index (χ2n) is 11.5. The summed E-state index contributed by atoms with van der Waals surface area (Å²) in [7, 11) is -1.18. The molecule has 0 unspecified atom stereocenters. The molecule has 0 fully saturated rings. The van der Waals surface area contributed by atoms with Gasteiger partial charge in [0.25, 0.3) is 0 Å². The minimum atomic E-state index is -1.18. The van der Waals surface area contributed by atoms with Crippen LogP contribution < -0.4 is 15.9 Å². The summed E-state index contributed by atoms with van der Waals surface area (Å²) in [6.07, 6.45) is 1.14. The van der Waals surface area contributed by atoms with E-state index in [1.54, 1.807) is 0 Å². The molecule has 0 atom stereocenters. The number of hydrogen-bond donors (Lipinski definition) is 2. The number of phenolic OH excluding ortho intramolecular Hbond substituents is 2. The van der Waals surface area contributed by atoms with Crippen LogP contribution in [0.4, 0.5) is 0 Å². The molecule has 0 aliphatic carbocycles. The maximum absolute atomic E-state index is 11.6. The zero-order chi connectivity index (χ0) is 26.1. The molecule has 0 aliphatic heterocycles. The molecule has 0 saturated carbocycles. The van der Waals surface area contributed by atoms with E-state index in [0.29, 0.717) is 11.5 Å². The molecule has 2 N–H and O–H groups in total. The van der Waals surface area contributed by atoms with E-state index in [0.717, 1.165) is 50.3 Å². The molecule has 3 rings (SSSR count). The predicted molar refractivity (Wildman–Crippen MR) is 156 cm³/mol. The summed E-state index contributed by atoms with van der Waals surface area (Å²) in [6.45, 7) is 19.2. The summed E-state index contributed by atoms with van der Waals surface area (Å²) < 4.78 is 0. The highest BCUT2D eigenvalue weighted by atomic mass is 32.2. The Bertz CT molecular complexity index is 1120. The molecule has 0 amide bonds. The Morgan fingerprint density at radius 1 is 0.714 bits per heavy atom. The summed E-state index contributed by atoms with van der Waals surface area (Å²) in [6, 6.07) is 17.1. The molecule has 0 saturated heterocycles. The minimum Gasteiger partial charge on any atom is -0.507 e. The van der Waals surface area contributed by atoms with Crippen molar-refractivity contribution in [3.63, 3.8) is 0 Å². The molecular weight excluding hydrogens is 467 g/mol. The Hall–Kier alpha value is -1.96. The van der Waals surface area contributed by atoms with Gasteiger partial charge in [-0.25, -0.2) is 0 Å². The average Bonchev–Trinajstić information content (AvgIpc) is 2.76. The Kier molecular flexibility index (Phi) is 8.34. The average molecular weight is 509 g/mol. The molecule has 35 heavy (non-hydrogen) atoms. The van der Waals surface area contributed by atoms with Crippen molar-refractivity contribution in [1.82, 2.24) is 0 Å². The minimum absolute atomic E-state index is 0.197. The lowest BCUT2D eigenvalue weighted by molar-refractivity contribution is 0.450. The SMILES string of the molecule is CCCSc1ccc(P(c2cc(C)cc(C(C)(C)C)c2O)c2cc(C)cc(C(C)(C)C)c2O)cc1. The van der Waals surface area contributed by atoms with E-state index in [1.165, 1.54) is 4.90 Å². The van der Waals surface area contributed by atoms with E-state index >= 15 is 0 Å². The first-order valence-corrected chi connectivity index (χ1v) is 14.8. The van der Waals surface area contributed by atoms with Crippen molar-refractivity contribution in [3.8, 4) is 11.5 Å². The first-order chi connectivity index (χ1) is 16.2. The summed E-state index contributed by atoms with van der Waals surface area (Å²) in [5, 5.41) is 26.2. The van der Waals surface area contributed by atoms with Gasteiger partial charge in [0.05, 0.1) is 0 Å². The number of aryl methyl sites for hydroxylation is 2. The van der Waals surface area contributed by atoms with Crippen LogP contribution in [0.15, 0.2) is 53.4 Å². The zero-order valence-electron chi connectivity index (χ0n) is 22.8. The van der Waals surface area contributed by atoms with Gasteiger partial charge in [-0.3, -0.25) is 0 Å². The molecule has 188 valence electrons. The third kappa shape index (κ3) is 6.25.